The Hall–Kier alpha value is -1.07. The van der Waals surface area contributed by atoms with Crippen LogP contribution in [0.5, 0.6) is 0 Å². The van der Waals surface area contributed by atoms with Crippen LogP contribution in [0.1, 0.15) is 0 Å². The largest absolute Gasteiger partial charge is 0.368 e. The lowest BCUT2D eigenvalue weighted by atomic mass is 10.2. The van der Waals surface area contributed by atoms with Gasteiger partial charge in [-0.1, -0.05) is 15.9 Å². The van der Waals surface area contributed by atoms with Gasteiger partial charge < -0.3 is 15.5 Å². The molecule has 0 bridgehead atoms. The number of hydrogen-bond donors (Lipinski definition) is 1. The fourth-order valence-corrected chi connectivity index (χ4v) is 2.26. The molecule has 1 heterocycles. The number of nitrogens with zero attached hydrogens (tertiary/aromatic N) is 2. The first-order valence-corrected chi connectivity index (χ1v) is 6.48. The van der Waals surface area contributed by atoms with Gasteiger partial charge in [-0.05, 0) is 24.3 Å². The molecule has 0 unspecified atom stereocenters. The van der Waals surface area contributed by atoms with E-state index in [0.29, 0.717) is 0 Å². The predicted octanol–water partition coefficient (Wildman–Crippen LogP) is 1.06. The van der Waals surface area contributed by atoms with Crippen molar-refractivity contribution in [3.8, 4) is 0 Å². The van der Waals surface area contributed by atoms with E-state index in [-0.39, 0.29) is 12.5 Å². The van der Waals surface area contributed by atoms with Crippen LogP contribution in [0.2, 0.25) is 0 Å². The van der Waals surface area contributed by atoms with Crippen LogP contribution in [-0.4, -0.2) is 43.5 Å². The van der Waals surface area contributed by atoms with Gasteiger partial charge in [0.25, 0.3) is 0 Å². The van der Waals surface area contributed by atoms with Gasteiger partial charge in [0.1, 0.15) is 0 Å². The lowest BCUT2D eigenvalue weighted by Gasteiger charge is -2.36. The number of carbonyl (C=O) groups excluding carboxylic acids is 1. The number of carbonyl (C=O) groups is 1. The second-order valence-corrected chi connectivity index (χ2v) is 4.96. The number of nitrogens with two attached hydrogens (primary N) is 1. The molecule has 1 amide bonds. The van der Waals surface area contributed by atoms with Gasteiger partial charge in [-0.25, -0.2) is 0 Å². The average Bonchev–Trinajstić information content (AvgIpc) is 2.39. The molecular formula is C12H16BrN3O. The molecule has 1 aliphatic rings. The van der Waals surface area contributed by atoms with Crippen LogP contribution in [0.15, 0.2) is 28.7 Å². The molecule has 0 atom stereocenters. The minimum atomic E-state index is 0.0421. The smallest absolute Gasteiger partial charge is 0.236 e. The highest BCUT2D eigenvalue weighted by Gasteiger charge is 2.19. The molecule has 0 spiro atoms. The monoisotopic (exact) mass is 297 g/mol. The van der Waals surface area contributed by atoms with Crippen molar-refractivity contribution in [3.63, 3.8) is 0 Å². The molecule has 1 fully saturated rings. The van der Waals surface area contributed by atoms with Crippen LogP contribution in [0.3, 0.4) is 0 Å². The highest BCUT2D eigenvalue weighted by Crippen LogP contribution is 2.19. The summed E-state index contributed by atoms with van der Waals surface area (Å²) in [6.07, 6.45) is 0. The average molecular weight is 298 g/mol. The molecule has 1 aromatic rings. The molecule has 0 aromatic heterocycles. The van der Waals surface area contributed by atoms with Crippen molar-refractivity contribution in [2.75, 3.05) is 37.6 Å². The number of benzene rings is 1. The van der Waals surface area contributed by atoms with Gasteiger partial charge in [-0.15, -0.1) is 0 Å². The van der Waals surface area contributed by atoms with Crippen molar-refractivity contribution in [2.24, 2.45) is 5.73 Å². The van der Waals surface area contributed by atoms with Gasteiger partial charge in [0.05, 0.1) is 6.54 Å². The van der Waals surface area contributed by atoms with Gasteiger partial charge in [-0.2, -0.15) is 0 Å². The number of amides is 1. The lowest BCUT2D eigenvalue weighted by molar-refractivity contribution is -0.129. The quantitative estimate of drug-likeness (QED) is 0.888. The maximum Gasteiger partial charge on any atom is 0.236 e. The van der Waals surface area contributed by atoms with Gasteiger partial charge >= 0.3 is 0 Å². The molecule has 0 saturated carbocycles. The van der Waals surface area contributed by atoms with Crippen molar-refractivity contribution in [3.05, 3.63) is 28.7 Å². The van der Waals surface area contributed by atoms with E-state index in [1.165, 1.54) is 5.69 Å². The molecule has 1 aliphatic heterocycles. The Morgan fingerprint density at radius 2 is 1.76 bits per heavy atom. The third kappa shape index (κ3) is 2.98. The fourth-order valence-electron chi connectivity index (χ4n) is 2.00. The van der Waals surface area contributed by atoms with Crippen molar-refractivity contribution < 1.29 is 4.79 Å². The Labute approximate surface area is 110 Å². The highest BCUT2D eigenvalue weighted by atomic mass is 79.9. The zero-order chi connectivity index (χ0) is 12.3. The summed E-state index contributed by atoms with van der Waals surface area (Å²) in [7, 11) is 0. The van der Waals surface area contributed by atoms with Crippen LogP contribution < -0.4 is 10.6 Å². The summed E-state index contributed by atoms with van der Waals surface area (Å²) in [5.74, 6) is 0.0421. The molecule has 0 aliphatic carbocycles. The number of halogens is 1. The summed E-state index contributed by atoms with van der Waals surface area (Å²) >= 11 is 3.42. The van der Waals surface area contributed by atoms with E-state index in [4.69, 9.17) is 5.73 Å². The van der Waals surface area contributed by atoms with Crippen LogP contribution in [0.25, 0.3) is 0 Å². The zero-order valence-electron chi connectivity index (χ0n) is 9.60. The minimum Gasteiger partial charge on any atom is -0.368 e. The van der Waals surface area contributed by atoms with Crippen LogP contribution in [0, 0.1) is 0 Å². The predicted molar refractivity (Wildman–Crippen MR) is 72.0 cm³/mol. The third-order valence-electron chi connectivity index (χ3n) is 3.00. The Kier molecular flexibility index (Phi) is 4.02. The molecule has 92 valence electrons. The van der Waals surface area contributed by atoms with Gasteiger partial charge in [0.2, 0.25) is 5.91 Å². The van der Waals surface area contributed by atoms with Crippen molar-refractivity contribution in [1.82, 2.24) is 4.90 Å². The first kappa shape index (κ1) is 12.4. The minimum absolute atomic E-state index is 0.0421. The van der Waals surface area contributed by atoms with E-state index in [2.05, 4.69) is 33.0 Å². The third-order valence-corrected chi connectivity index (χ3v) is 3.53. The zero-order valence-corrected chi connectivity index (χ0v) is 11.2. The molecular weight excluding hydrogens is 282 g/mol. The first-order chi connectivity index (χ1) is 8.20. The topological polar surface area (TPSA) is 49.6 Å². The first-order valence-electron chi connectivity index (χ1n) is 5.69. The summed E-state index contributed by atoms with van der Waals surface area (Å²) in [6, 6.07) is 8.24. The Morgan fingerprint density at radius 3 is 2.29 bits per heavy atom. The van der Waals surface area contributed by atoms with Crippen molar-refractivity contribution in [1.29, 1.82) is 0 Å². The summed E-state index contributed by atoms with van der Waals surface area (Å²) in [4.78, 5) is 15.5. The maximum absolute atomic E-state index is 11.4. The van der Waals surface area contributed by atoms with Crippen molar-refractivity contribution >= 4 is 27.5 Å². The summed E-state index contributed by atoms with van der Waals surface area (Å²) in [5.41, 5.74) is 6.56. The van der Waals surface area contributed by atoms with E-state index in [1.54, 1.807) is 0 Å². The molecule has 2 N–H and O–H groups in total. The van der Waals surface area contributed by atoms with E-state index < -0.39 is 0 Å². The molecule has 0 radical (unpaired) electrons. The van der Waals surface area contributed by atoms with E-state index >= 15 is 0 Å². The van der Waals surface area contributed by atoms with E-state index in [1.807, 2.05) is 17.0 Å². The van der Waals surface area contributed by atoms with Gasteiger partial charge in [-0.3, -0.25) is 4.79 Å². The molecule has 5 heteroatoms. The Bertz CT molecular complexity index is 385. The van der Waals surface area contributed by atoms with Crippen LogP contribution in [-0.2, 0) is 4.79 Å². The van der Waals surface area contributed by atoms with Crippen LogP contribution in [0.4, 0.5) is 5.69 Å². The van der Waals surface area contributed by atoms with Gasteiger partial charge in [0.15, 0.2) is 0 Å². The second kappa shape index (κ2) is 5.51. The molecule has 4 nitrogen and oxygen atoms in total. The molecule has 2 rings (SSSR count). The molecule has 1 aromatic carbocycles. The lowest BCUT2D eigenvalue weighted by Crippen LogP contribution is -2.50. The highest BCUT2D eigenvalue weighted by molar-refractivity contribution is 9.10. The fraction of sp³-hybridized carbons (Fsp3) is 0.417. The van der Waals surface area contributed by atoms with E-state index in [0.717, 1.165) is 30.7 Å². The summed E-state index contributed by atoms with van der Waals surface area (Å²) in [6.45, 7) is 3.36. The number of rotatable bonds is 2. The van der Waals surface area contributed by atoms with Gasteiger partial charge in [0, 0.05) is 36.3 Å². The number of piperazine rings is 1. The standard InChI is InChI=1S/C12H16BrN3O/c13-10-1-3-11(4-2-10)15-5-7-16(8-6-15)12(17)9-14/h1-4H,5-9,14H2. The van der Waals surface area contributed by atoms with Crippen molar-refractivity contribution in [2.45, 2.75) is 0 Å². The normalized spacial score (nSPS) is 16.1. The summed E-state index contributed by atoms with van der Waals surface area (Å²) in [5, 5.41) is 0. The Balaban J connectivity index is 1.95. The molecule has 17 heavy (non-hydrogen) atoms. The SMILES string of the molecule is NCC(=O)N1CCN(c2ccc(Br)cc2)CC1. The molecule has 1 saturated heterocycles. The van der Waals surface area contributed by atoms with E-state index in [9.17, 15) is 4.79 Å². The maximum atomic E-state index is 11.4. The Morgan fingerprint density at radius 1 is 1.18 bits per heavy atom. The van der Waals surface area contributed by atoms with Crippen LogP contribution >= 0.6 is 15.9 Å². The number of anilines is 1. The number of hydrogen-bond acceptors (Lipinski definition) is 3. The summed E-state index contributed by atoms with van der Waals surface area (Å²) < 4.78 is 1.08. The second-order valence-electron chi connectivity index (χ2n) is 4.05.